The Kier molecular flexibility index (Phi) is 7.60. The van der Waals surface area contributed by atoms with E-state index >= 15 is 0 Å². The van der Waals surface area contributed by atoms with Crippen molar-refractivity contribution in [2.24, 2.45) is 5.92 Å². The normalized spacial score (nSPS) is 12.0. The molecule has 0 fully saturated rings. The number of amides is 2. The summed E-state index contributed by atoms with van der Waals surface area (Å²) in [4.78, 5) is 24.6. The molecule has 0 bridgehead atoms. The molecule has 0 saturated heterocycles. The van der Waals surface area contributed by atoms with Crippen LogP contribution in [0.5, 0.6) is 0 Å². The van der Waals surface area contributed by atoms with Crippen LogP contribution in [0, 0.1) is 12.8 Å². The highest BCUT2D eigenvalue weighted by Gasteiger charge is 2.24. The summed E-state index contributed by atoms with van der Waals surface area (Å²) < 4.78 is 5.19. The van der Waals surface area contributed by atoms with E-state index in [1.54, 1.807) is 6.07 Å². The van der Waals surface area contributed by atoms with Gasteiger partial charge in [0.25, 0.3) is 5.91 Å². The SMILES string of the molecule is CCOCCNC(=O)[C@H](NC(=O)c1ccccc1C)C(C)C. The number of aryl methyl sites for hydroxylation is 1. The zero-order chi connectivity index (χ0) is 16.5. The first-order chi connectivity index (χ1) is 10.5. The molecule has 0 unspecified atom stereocenters. The molecular formula is C17H26N2O3. The van der Waals surface area contributed by atoms with Gasteiger partial charge in [-0.25, -0.2) is 0 Å². The maximum absolute atomic E-state index is 12.3. The largest absolute Gasteiger partial charge is 0.380 e. The van der Waals surface area contributed by atoms with E-state index in [2.05, 4.69) is 10.6 Å². The van der Waals surface area contributed by atoms with Crippen LogP contribution in [0.4, 0.5) is 0 Å². The Hall–Kier alpha value is -1.88. The predicted octanol–water partition coefficient (Wildman–Crippen LogP) is 1.90. The molecular weight excluding hydrogens is 280 g/mol. The van der Waals surface area contributed by atoms with Crippen molar-refractivity contribution in [1.29, 1.82) is 0 Å². The van der Waals surface area contributed by atoms with Gasteiger partial charge in [0.2, 0.25) is 5.91 Å². The molecule has 0 aliphatic carbocycles. The number of ether oxygens (including phenoxy) is 1. The van der Waals surface area contributed by atoms with Crippen LogP contribution < -0.4 is 10.6 Å². The van der Waals surface area contributed by atoms with Gasteiger partial charge in [-0.15, -0.1) is 0 Å². The van der Waals surface area contributed by atoms with E-state index in [0.29, 0.717) is 25.3 Å². The third-order valence-electron chi connectivity index (χ3n) is 3.38. The summed E-state index contributed by atoms with van der Waals surface area (Å²) in [5, 5.41) is 5.61. The van der Waals surface area contributed by atoms with Crippen molar-refractivity contribution in [3.05, 3.63) is 35.4 Å². The second kappa shape index (κ2) is 9.20. The Balaban J connectivity index is 2.66. The smallest absolute Gasteiger partial charge is 0.252 e. The molecule has 0 radical (unpaired) electrons. The average Bonchev–Trinajstić information content (AvgIpc) is 2.49. The van der Waals surface area contributed by atoms with Crippen molar-refractivity contribution < 1.29 is 14.3 Å². The third kappa shape index (κ3) is 5.48. The second-order valence-electron chi connectivity index (χ2n) is 5.50. The topological polar surface area (TPSA) is 67.4 Å². The van der Waals surface area contributed by atoms with Gasteiger partial charge in [0.05, 0.1) is 6.61 Å². The summed E-state index contributed by atoms with van der Waals surface area (Å²) in [7, 11) is 0. The summed E-state index contributed by atoms with van der Waals surface area (Å²) in [6.45, 7) is 9.13. The van der Waals surface area contributed by atoms with E-state index in [1.165, 1.54) is 0 Å². The predicted molar refractivity (Wildman–Crippen MR) is 86.8 cm³/mol. The molecule has 2 amide bonds. The van der Waals surface area contributed by atoms with E-state index in [0.717, 1.165) is 5.56 Å². The Morgan fingerprint density at radius 3 is 2.50 bits per heavy atom. The number of carbonyl (C=O) groups excluding carboxylic acids is 2. The van der Waals surface area contributed by atoms with Crippen molar-refractivity contribution in [2.75, 3.05) is 19.8 Å². The fourth-order valence-corrected chi connectivity index (χ4v) is 2.08. The van der Waals surface area contributed by atoms with Crippen molar-refractivity contribution >= 4 is 11.8 Å². The van der Waals surface area contributed by atoms with E-state index in [4.69, 9.17) is 4.74 Å². The van der Waals surface area contributed by atoms with Crippen molar-refractivity contribution in [3.8, 4) is 0 Å². The third-order valence-corrected chi connectivity index (χ3v) is 3.38. The molecule has 0 aliphatic heterocycles. The maximum Gasteiger partial charge on any atom is 0.252 e. The zero-order valence-electron chi connectivity index (χ0n) is 13.8. The molecule has 1 atom stereocenters. The molecule has 122 valence electrons. The molecule has 1 rings (SSSR count). The van der Waals surface area contributed by atoms with Gasteiger partial charge >= 0.3 is 0 Å². The van der Waals surface area contributed by atoms with E-state index in [-0.39, 0.29) is 17.7 Å². The lowest BCUT2D eigenvalue weighted by molar-refractivity contribution is -0.124. The molecule has 2 N–H and O–H groups in total. The van der Waals surface area contributed by atoms with Gasteiger partial charge in [0, 0.05) is 18.7 Å². The maximum atomic E-state index is 12.3. The monoisotopic (exact) mass is 306 g/mol. The van der Waals surface area contributed by atoms with Crippen LogP contribution in [-0.4, -0.2) is 37.6 Å². The van der Waals surface area contributed by atoms with Gasteiger partial charge in [0.1, 0.15) is 6.04 Å². The van der Waals surface area contributed by atoms with Crippen LogP contribution in [-0.2, 0) is 9.53 Å². The molecule has 5 nitrogen and oxygen atoms in total. The first kappa shape index (κ1) is 18.2. The molecule has 22 heavy (non-hydrogen) atoms. The number of hydrogen-bond acceptors (Lipinski definition) is 3. The lowest BCUT2D eigenvalue weighted by Gasteiger charge is -2.22. The number of hydrogen-bond donors (Lipinski definition) is 2. The van der Waals surface area contributed by atoms with Crippen LogP contribution in [0.25, 0.3) is 0 Å². The minimum Gasteiger partial charge on any atom is -0.380 e. The summed E-state index contributed by atoms with van der Waals surface area (Å²) >= 11 is 0. The van der Waals surface area contributed by atoms with Gasteiger partial charge in [0.15, 0.2) is 0 Å². The van der Waals surface area contributed by atoms with Crippen LogP contribution in [0.3, 0.4) is 0 Å². The second-order valence-corrected chi connectivity index (χ2v) is 5.50. The van der Waals surface area contributed by atoms with Crippen LogP contribution in [0.2, 0.25) is 0 Å². The standard InChI is InChI=1S/C17H26N2O3/c1-5-22-11-10-18-17(21)15(12(2)3)19-16(20)14-9-7-6-8-13(14)4/h6-9,12,15H,5,10-11H2,1-4H3,(H,18,21)(H,19,20)/t15-/m1/s1. The molecule has 0 aromatic heterocycles. The van der Waals surface area contributed by atoms with Crippen LogP contribution >= 0.6 is 0 Å². The molecule has 0 spiro atoms. The Morgan fingerprint density at radius 1 is 1.23 bits per heavy atom. The first-order valence-corrected chi connectivity index (χ1v) is 7.69. The van der Waals surface area contributed by atoms with Crippen LogP contribution in [0.1, 0.15) is 36.7 Å². The fraction of sp³-hybridized carbons (Fsp3) is 0.529. The Morgan fingerprint density at radius 2 is 1.91 bits per heavy atom. The Bertz CT molecular complexity index is 500. The van der Waals surface area contributed by atoms with Gasteiger partial charge in [-0.2, -0.15) is 0 Å². The molecule has 5 heteroatoms. The first-order valence-electron chi connectivity index (χ1n) is 7.69. The van der Waals surface area contributed by atoms with Gasteiger partial charge in [-0.1, -0.05) is 32.0 Å². The zero-order valence-corrected chi connectivity index (χ0v) is 13.8. The van der Waals surface area contributed by atoms with Crippen molar-refractivity contribution in [3.63, 3.8) is 0 Å². The quantitative estimate of drug-likeness (QED) is 0.721. The molecule has 1 aromatic carbocycles. The number of benzene rings is 1. The fourth-order valence-electron chi connectivity index (χ4n) is 2.08. The minimum atomic E-state index is -0.561. The van der Waals surface area contributed by atoms with E-state index in [1.807, 2.05) is 45.9 Å². The lowest BCUT2D eigenvalue weighted by Crippen LogP contribution is -2.50. The molecule has 0 aliphatic rings. The molecule has 0 heterocycles. The Labute approximate surface area is 132 Å². The highest BCUT2D eigenvalue weighted by molar-refractivity contribution is 5.98. The molecule has 1 aromatic rings. The number of carbonyl (C=O) groups is 2. The highest BCUT2D eigenvalue weighted by Crippen LogP contribution is 2.09. The summed E-state index contributed by atoms with van der Waals surface area (Å²) in [6, 6.07) is 6.77. The van der Waals surface area contributed by atoms with Crippen molar-refractivity contribution in [2.45, 2.75) is 33.7 Å². The number of nitrogens with one attached hydrogen (secondary N) is 2. The van der Waals surface area contributed by atoms with Crippen LogP contribution in [0.15, 0.2) is 24.3 Å². The average molecular weight is 306 g/mol. The minimum absolute atomic E-state index is 0.0000573. The summed E-state index contributed by atoms with van der Waals surface area (Å²) in [5.74, 6) is -0.409. The number of rotatable bonds is 8. The van der Waals surface area contributed by atoms with Gasteiger partial charge in [-0.05, 0) is 31.4 Å². The lowest BCUT2D eigenvalue weighted by atomic mass is 10.0. The van der Waals surface area contributed by atoms with Crippen molar-refractivity contribution in [1.82, 2.24) is 10.6 Å². The highest BCUT2D eigenvalue weighted by atomic mass is 16.5. The summed E-state index contributed by atoms with van der Waals surface area (Å²) in [6.07, 6.45) is 0. The van der Waals surface area contributed by atoms with E-state index < -0.39 is 6.04 Å². The van der Waals surface area contributed by atoms with E-state index in [9.17, 15) is 9.59 Å². The van der Waals surface area contributed by atoms with Gasteiger partial charge < -0.3 is 15.4 Å². The summed E-state index contributed by atoms with van der Waals surface area (Å²) in [5.41, 5.74) is 1.48. The molecule has 0 saturated carbocycles. The van der Waals surface area contributed by atoms with Gasteiger partial charge in [-0.3, -0.25) is 9.59 Å².